The van der Waals surface area contributed by atoms with Gasteiger partial charge in [-0.3, -0.25) is 4.79 Å². The summed E-state index contributed by atoms with van der Waals surface area (Å²) in [4.78, 5) is 14.3. The zero-order chi connectivity index (χ0) is 18.0. The third kappa shape index (κ3) is 3.87. The fourth-order valence-electron chi connectivity index (χ4n) is 3.12. The standard InChI is InChI=1S/C20H22ClNO3/c1-14-2-7-18(21)17(12-14)15-3-5-16(6-4-15)19(24)22-10-8-20(25,13-23)9-11-22/h2-7,12,23,25H,8-11,13H2,1H3. The lowest BCUT2D eigenvalue weighted by Gasteiger charge is -2.37. The minimum Gasteiger partial charge on any atom is -0.393 e. The van der Waals surface area contributed by atoms with Crippen LogP contribution in [0, 0.1) is 6.92 Å². The molecule has 5 heteroatoms. The Hall–Kier alpha value is -1.88. The van der Waals surface area contributed by atoms with E-state index in [4.69, 9.17) is 11.6 Å². The average molecular weight is 360 g/mol. The fraction of sp³-hybridized carbons (Fsp3) is 0.350. The number of aliphatic hydroxyl groups is 2. The molecule has 1 aliphatic heterocycles. The van der Waals surface area contributed by atoms with Crippen molar-refractivity contribution in [1.82, 2.24) is 4.90 Å². The molecule has 3 rings (SSSR count). The summed E-state index contributed by atoms with van der Waals surface area (Å²) >= 11 is 6.28. The maximum Gasteiger partial charge on any atom is 0.253 e. The summed E-state index contributed by atoms with van der Waals surface area (Å²) in [7, 11) is 0. The molecule has 0 aliphatic carbocycles. The Morgan fingerprint density at radius 2 is 1.80 bits per heavy atom. The number of hydrogen-bond donors (Lipinski definition) is 2. The van der Waals surface area contributed by atoms with E-state index in [0.717, 1.165) is 16.7 Å². The molecule has 132 valence electrons. The Labute approximate surface area is 152 Å². The number of aryl methyl sites for hydroxylation is 1. The molecule has 1 fully saturated rings. The fourth-order valence-corrected chi connectivity index (χ4v) is 3.35. The maximum atomic E-state index is 12.6. The van der Waals surface area contributed by atoms with Crippen LogP contribution in [0.4, 0.5) is 0 Å². The topological polar surface area (TPSA) is 60.8 Å². The van der Waals surface area contributed by atoms with E-state index in [9.17, 15) is 15.0 Å². The molecule has 2 aromatic rings. The number of carbonyl (C=O) groups excluding carboxylic acids is 1. The van der Waals surface area contributed by atoms with Crippen LogP contribution in [-0.4, -0.2) is 46.3 Å². The van der Waals surface area contributed by atoms with Crippen LogP contribution in [0.2, 0.25) is 5.02 Å². The first-order valence-corrected chi connectivity index (χ1v) is 8.79. The Morgan fingerprint density at radius 3 is 2.40 bits per heavy atom. The van der Waals surface area contributed by atoms with Crippen molar-refractivity contribution in [3.05, 3.63) is 58.6 Å². The van der Waals surface area contributed by atoms with E-state index in [0.29, 0.717) is 36.5 Å². The van der Waals surface area contributed by atoms with Gasteiger partial charge in [-0.15, -0.1) is 0 Å². The van der Waals surface area contributed by atoms with E-state index >= 15 is 0 Å². The molecule has 25 heavy (non-hydrogen) atoms. The molecule has 0 saturated carbocycles. The molecule has 2 N–H and O–H groups in total. The number of hydrogen-bond acceptors (Lipinski definition) is 3. The summed E-state index contributed by atoms with van der Waals surface area (Å²) in [5.41, 5.74) is 2.61. The van der Waals surface area contributed by atoms with Gasteiger partial charge in [0.2, 0.25) is 0 Å². The lowest BCUT2D eigenvalue weighted by molar-refractivity contribution is -0.0546. The maximum absolute atomic E-state index is 12.6. The smallest absolute Gasteiger partial charge is 0.253 e. The number of piperidine rings is 1. The van der Waals surface area contributed by atoms with Gasteiger partial charge in [-0.05, 0) is 49.6 Å². The van der Waals surface area contributed by atoms with Gasteiger partial charge < -0.3 is 15.1 Å². The van der Waals surface area contributed by atoms with E-state index in [1.807, 2.05) is 49.4 Å². The van der Waals surface area contributed by atoms with E-state index in [1.165, 1.54) is 0 Å². The molecule has 1 aliphatic rings. The zero-order valence-corrected chi connectivity index (χ0v) is 15.0. The van der Waals surface area contributed by atoms with Crippen molar-refractivity contribution < 1.29 is 15.0 Å². The summed E-state index contributed by atoms with van der Waals surface area (Å²) in [6.07, 6.45) is 0.790. The largest absolute Gasteiger partial charge is 0.393 e. The first kappa shape index (κ1) is 17.9. The predicted octanol–water partition coefficient (Wildman–Crippen LogP) is 3.27. The van der Waals surface area contributed by atoms with Gasteiger partial charge in [0.15, 0.2) is 0 Å². The minimum absolute atomic E-state index is 0.0538. The molecule has 0 radical (unpaired) electrons. The van der Waals surface area contributed by atoms with Gasteiger partial charge >= 0.3 is 0 Å². The number of aliphatic hydroxyl groups excluding tert-OH is 1. The van der Waals surface area contributed by atoms with Crippen molar-refractivity contribution in [2.24, 2.45) is 0 Å². The number of likely N-dealkylation sites (tertiary alicyclic amines) is 1. The quantitative estimate of drug-likeness (QED) is 0.884. The van der Waals surface area contributed by atoms with Gasteiger partial charge in [0.05, 0.1) is 12.2 Å². The minimum atomic E-state index is -1.05. The SMILES string of the molecule is Cc1ccc(Cl)c(-c2ccc(C(=O)N3CCC(O)(CO)CC3)cc2)c1. The highest BCUT2D eigenvalue weighted by molar-refractivity contribution is 6.33. The molecule has 0 aromatic heterocycles. The van der Waals surface area contributed by atoms with E-state index < -0.39 is 5.60 Å². The molecular formula is C20H22ClNO3. The van der Waals surface area contributed by atoms with Crippen LogP contribution in [-0.2, 0) is 0 Å². The molecule has 1 heterocycles. The van der Waals surface area contributed by atoms with Gasteiger partial charge in [-0.25, -0.2) is 0 Å². The number of carbonyl (C=O) groups is 1. The molecule has 0 bridgehead atoms. The molecule has 4 nitrogen and oxygen atoms in total. The Morgan fingerprint density at radius 1 is 1.16 bits per heavy atom. The number of rotatable bonds is 3. The summed E-state index contributed by atoms with van der Waals surface area (Å²) in [5.74, 6) is -0.0538. The van der Waals surface area contributed by atoms with Crippen LogP contribution in [0.15, 0.2) is 42.5 Å². The van der Waals surface area contributed by atoms with E-state index in [-0.39, 0.29) is 12.5 Å². The molecule has 1 saturated heterocycles. The number of amides is 1. The molecule has 0 spiro atoms. The van der Waals surface area contributed by atoms with Crippen LogP contribution < -0.4 is 0 Å². The summed E-state index contributed by atoms with van der Waals surface area (Å²) < 4.78 is 0. The average Bonchev–Trinajstić information content (AvgIpc) is 2.64. The number of benzene rings is 2. The highest BCUT2D eigenvalue weighted by atomic mass is 35.5. The van der Waals surface area contributed by atoms with Crippen LogP contribution >= 0.6 is 11.6 Å². The van der Waals surface area contributed by atoms with Crippen molar-refractivity contribution in [3.63, 3.8) is 0 Å². The number of halogens is 1. The second-order valence-corrected chi connectivity index (χ2v) is 7.14. The second kappa shape index (κ2) is 7.16. The highest BCUT2D eigenvalue weighted by Gasteiger charge is 2.33. The van der Waals surface area contributed by atoms with Crippen molar-refractivity contribution in [3.8, 4) is 11.1 Å². The number of nitrogens with zero attached hydrogens (tertiary/aromatic N) is 1. The van der Waals surface area contributed by atoms with E-state index in [2.05, 4.69) is 0 Å². The van der Waals surface area contributed by atoms with Gasteiger partial charge in [0.1, 0.15) is 0 Å². The van der Waals surface area contributed by atoms with Gasteiger partial charge in [0.25, 0.3) is 5.91 Å². The normalized spacial score (nSPS) is 16.7. The molecule has 0 unspecified atom stereocenters. The van der Waals surface area contributed by atoms with Gasteiger partial charge in [0, 0.05) is 29.2 Å². The Bertz CT molecular complexity index is 765. The third-order valence-corrected chi connectivity index (χ3v) is 5.17. The van der Waals surface area contributed by atoms with Gasteiger partial charge in [-0.1, -0.05) is 35.4 Å². The van der Waals surface area contributed by atoms with Crippen molar-refractivity contribution >= 4 is 17.5 Å². The Kier molecular flexibility index (Phi) is 5.13. The van der Waals surface area contributed by atoms with Crippen LogP contribution in [0.3, 0.4) is 0 Å². The van der Waals surface area contributed by atoms with Gasteiger partial charge in [-0.2, -0.15) is 0 Å². The summed E-state index contributed by atoms with van der Waals surface area (Å²) in [6.45, 7) is 2.64. The van der Waals surface area contributed by atoms with Crippen LogP contribution in [0.5, 0.6) is 0 Å². The second-order valence-electron chi connectivity index (χ2n) is 6.74. The van der Waals surface area contributed by atoms with Crippen molar-refractivity contribution in [2.75, 3.05) is 19.7 Å². The molecule has 2 aromatic carbocycles. The first-order chi connectivity index (χ1) is 11.9. The predicted molar refractivity (Wildman–Crippen MR) is 98.8 cm³/mol. The zero-order valence-electron chi connectivity index (χ0n) is 14.2. The molecular weight excluding hydrogens is 338 g/mol. The summed E-state index contributed by atoms with van der Waals surface area (Å²) in [6, 6.07) is 13.3. The molecule has 0 atom stereocenters. The Balaban J connectivity index is 1.74. The lowest BCUT2D eigenvalue weighted by Crippen LogP contribution is -2.48. The third-order valence-electron chi connectivity index (χ3n) is 4.84. The lowest BCUT2D eigenvalue weighted by atomic mass is 9.92. The first-order valence-electron chi connectivity index (χ1n) is 8.41. The van der Waals surface area contributed by atoms with Crippen molar-refractivity contribution in [1.29, 1.82) is 0 Å². The monoisotopic (exact) mass is 359 g/mol. The van der Waals surface area contributed by atoms with Crippen molar-refractivity contribution in [2.45, 2.75) is 25.4 Å². The molecule has 1 amide bonds. The van der Waals surface area contributed by atoms with Crippen LogP contribution in [0.25, 0.3) is 11.1 Å². The van der Waals surface area contributed by atoms with Crippen LogP contribution in [0.1, 0.15) is 28.8 Å². The summed E-state index contributed by atoms with van der Waals surface area (Å²) in [5, 5.41) is 20.0. The highest BCUT2D eigenvalue weighted by Crippen LogP contribution is 2.29. The van der Waals surface area contributed by atoms with E-state index in [1.54, 1.807) is 4.90 Å².